The lowest BCUT2D eigenvalue weighted by Gasteiger charge is -2.06. The van der Waals surface area contributed by atoms with Crippen LogP contribution in [0.4, 0.5) is 0 Å². The summed E-state index contributed by atoms with van der Waals surface area (Å²) in [5, 5.41) is 4.77. The van der Waals surface area contributed by atoms with Gasteiger partial charge in [-0.15, -0.1) is 0 Å². The van der Waals surface area contributed by atoms with Crippen molar-refractivity contribution in [2.24, 2.45) is 5.10 Å². The van der Waals surface area contributed by atoms with Crippen molar-refractivity contribution < 1.29 is 18.7 Å². The number of benzene rings is 2. The zero-order valence-electron chi connectivity index (χ0n) is 15.3. The van der Waals surface area contributed by atoms with Gasteiger partial charge in [0.15, 0.2) is 5.76 Å². The molecule has 7 heteroatoms. The van der Waals surface area contributed by atoms with Crippen LogP contribution >= 0.6 is 15.9 Å². The molecule has 1 N–H and O–H groups in total. The zero-order valence-corrected chi connectivity index (χ0v) is 16.9. The predicted octanol–water partition coefficient (Wildman–Crippen LogP) is 4.92. The molecule has 0 bridgehead atoms. The fraction of sp³-hybridized carbons (Fsp3) is 0.143. The average Bonchev–Trinajstić information content (AvgIpc) is 3.11. The minimum absolute atomic E-state index is 0.176. The predicted molar refractivity (Wildman–Crippen MR) is 112 cm³/mol. The second-order valence-electron chi connectivity index (χ2n) is 5.73. The first-order valence-electron chi connectivity index (χ1n) is 8.63. The number of halogens is 1. The number of hydrazone groups is 1. The van der Waals surface area contributed by atoms with Crippen molar-refractivity contribution in [3.63, 3.8) is 0 Å². The van der Waals surface area contributed by atoms with Gasteiger partial charge in [-0.1, -0.05) is 12.7 Å². The van der Waals surface area contributed by atoms with Crippen LogP contribution in [0.1, 0.15) is 23.0 Å². The highest BCUT2D eigenvalue weighted by Crippen LogP contribution is 2.26. The minimum atomic E-state index is -0.435. The highest BCUT2D eigenvalue weighted by Gasteiger charge is 2.12. The van der Waals surface area contributed by atoms with E-state index >= 15 is 0 Å². The molecular formula is C21H19BrN2O4. The molecule has 3 aromatic rings. The van der Waals surface area contributed by atoms with Crippen LogP contribution in [0, 0.1) is 0 Å². The van der Waals surface area contributed by atoms with Crippen LogP contribution < -0.4 is 14.9 Å². The van der Waals surface area contributed by atoms with Gasteiger partial charge in [0.05, 0.1) is 17.3 Å². The quantitative estimate of drug-likeness (QED) is 0.305. The third-order valence-electron chi connectivity index (χ3n) is 3.71. The van der Waals surface area contributed by atoms with E-state index < -0.39 is 5.91 Å². The number of hydrogen-bond acceptors (Lipinski definition) is 5. The van der Waals surface area contributed by atoms with Gasteiger partial charge in [0.25, 0.3) is 0 Å². The normalized spacial score (nSPS) is 10.9. The molecule has 0 spiro atoms. The molecule has 2 aromatic carbocycles. The molecule has 0 fully saturated rings. The van der Waals surface area contributed by atoms with Gasteiger partial charge in [0.2, 0.25) is 0 Å². The summed E-state index contributed by atoms with van der Waals surface area (Å²) in [6.07, 6.45) is 3.21. The lowest BCUT2D eigenvalue weighted by molar-refractivity contribution is 0.0929. The SMILES string of the molecule is C=CCOc1ccc(/C=N/NC(=O)c2cc3cc(OCC)ccc3o2)cc1Br. The third-order valence-corrected chi connectivity index (χ3v) is 4.33. The molecular weight excluding hydrogens is 424 g/mol. The van der Waals surface area contributed by atoms with Crippen LogP contribution in [-0.4, -0.2) is 25.3 Å². The highest BCUT2D eigenvalue weighted by atomic mass is 79.9. The maximum Gasteiger partial charge on any atom is 0.307 e. The van der Waals surface area contributed by atoms with E-state index in [4.69, 9.17) is 13.9 Å². The molecule has 1 heterocycles. The molecule has 0 saturated carbocycles. The van der Waals surface area contributed by atoms with Crippen molar-refractivity contribution >= 4 is 39.0 Å². The van der Waals surface area contributed by atoms with Crippen LogP contribution in [0.15, 0.2) is 69.1 Å². The summed E-state index contributed by atoms with van der Waals surface area (Å²) >= 11 is 3.44. The largest absolute Gasteiger partial charge is 0.494 e. The minimum Gasteiger partial charge on any atom is -0.494 e. The molecule has 1 amide bonds. The van der Waals surface area contributed by atoms with Crippen molar-refractivity contribution in [3.8, 4) is 11.5 Å². The van der Waals surface area contributed by atoms with Crippen molar-refractivity contribution in [3.05, 3.63) is 70.9 Å². The Morgan fingerprint density at radius 3 is 2.86 bits per heavy atom. The van der Waals surface area contributed by atoms with E-state index in [9.17, 15) is 4.79 Å². The number of carbonyl (C=O) groups is 1. The molecule has 0 aliphatic rings. The number of rotatable bonds is 8. The topological polar surface area (TPSA) is 73.1 Å². The lowest BCUT2D eigenvalue weighted by Crippen LogP contribution is -2.16. The first-order chi connectivity index (χ1) is 13.6. The van der Waals surface area contributed by atoms with E-state index in [2.05, 4.69) is 33.0 Å². The number of nitrogens with zero attached hydrogens (tertiary/aromatic N) is 1. The second kappa shape index (κ2) is 9.23. The fourth-order valence-corrected chi connectivity index (χ4v) is 2.98. The standard InChI is InChI=1S/C21H19BrN2O4/c1-3-9-27-19-7-5-14(10-17(19)22)13-23-24-21(25)20-12-15-11-16(26-4-2)6-8-18(15)28-20/h3,5-8,10-13H,1,4,9H2,2H3,(H,24,25)/b23-13+. The van der Waals surface area contributed by atoms with Gasteiger partial charge in [-0.05, 0) is 70.9 Å². The Morgan fingerprint density at radius 1 is 1.25 bits per heavy atom. The fourth-order valence-electron chi connectivity index (χ4n) is 2.47. The smallest absolute Gasteiger partial charge is 0.307 e. The molecule has 0 aliphatic carbocycles. The third kappa shape index (κ3) is 4.80. The zero-order chi connectivity index (χ0) is 19.9. The maximum atomic E-state index is 12.3. The van der Waals surface area contributed by atoms with Gasteiger partial charge in [-0.25, -0.2) is 5.43 Å². The highest BCUT2D eigenvalue weighted by molar-refractivity contribution is 9.10. The molecule has 0 unspecified atom stereocenters. The van der Waals surface area contributed by atoms with Crippen LogP contribution in [0.3, 0.4) is 0 Å². The van der Waals surface area contributed by atoms with Crippen molar-refractivity contribution in [2.75, 3.05) is 13.2 Å². The monoisotopic (exact) mass is 442 g/mol. The van der Waals surface area contributed by atoms with E-state index in [1.165, 1.54) is 6.21 Å². The number of furan rings is 1. The molecule has 0 saturated heterocycles. The van der Waals surface area contributed by atoms with E-state index in [0.717, 1.165) is 21.2 Å². The summed E-state index contributed by atoms with van der Waals surface area (Å²) in [7, 11) is 0. The molecule has 144 valence electrons. The van der Waals surface area contributed by atoms with Gasteiger partial charge in [0, 0.05) is 5.39 Å². The van der Waals surface area contributed by atoms with Crippen LogP contribution in [0.5, 0.6) is 11.5 Å². The van der Waals surface area contributed by atoms with Gasteiger partial charge >= 0.3 is 5.91 Å². The molecule has 0 radical (unpaired) electrons. The first kappa shape index (κ1) is 19.7. The Hall–Kier alpha value is -3.06. The first-order valence-corrected chi connectivity index (χ1v) is 9.43. The van der Waals surface area contributed by atoms with E-state index in [1.54, 1.807) is 24.3 Å². The molecule has 0 atom stereocenters. The summed E-state index contributed by atoms with van der Waals surface area (Å²) < 4.78 is 17.3. The second-order valence-corrected chi connectivity index (χ2v) is 6.59. The number of ether oxygens (including phenoxy) is 2. The summed E-state index contributed by atoms with van der Waals surface area (Å²) in [5.74, 6) is 1.17. The van der Waals surface area contributed by atoms with Gasteiger partial charge in [-0.2, -0.15) is 5.10 Å². The molecule has 1 aromatic heterocycles. The van der Waals surface area contributed by atoms with Gasteiger partial charge in [-0.3, -0.25) is 4.79 Å². The summed E-state index contributed by atoms with van der Waals surface area (Å²) in [6, 6.07) is 12.5. The Kier molecular flexibility index (Phi) is 6.49. The van der Waals surface area contributed by atoms with Gasteiger partial charge < -0.3 is 13.9 Å². The Bertz CT molecular complexity index is 1030. The van der Waals surface area contributed by atoms with E-state index in [1.807, 2.05) is 31.2 Å². The average molecular weight is 443 g/mol. The number of fused-ring (bicyclic) bond motifs is 1. The van der Waals surface area contributed by atoms with Gasteiger partial charge in [0.1, 0.15) is 23.7 Å². The van der Waals surface area contributed by atoms with Crippen molar-refractivity contribution in [2.45, 2.75) is 6.92 Å². The van der Waals surface area contributed by atoms with E-state index in [-0.39, 0.29) is 5.76 Å². The van der Waals surface area contributed by atoms with E-state index in [0.29, 0.717) is 24.5 Å². The molecule has 3 rings (SSSR count). The van der Waals surface area contributed by atoms with Crippen LogP contribution in [0.2, 0.25) is 0 Å². The molecule has 28 heavy (non-hydrogen) atoms. The number of hydrogen-bond donors (Lipinski definition) is 1. The Balaban J connectivity index is 1.65. The summed E-state index contributed by atoms with van der Waals surface area (Å²) in [6.45, 7) is 6.52. The number of amides is 1. The summed E-state index contributed by atoms with van der Waals surface area (Å²) in [4.78, 5) is 12.3. The number of nitrogens with one attached hydrogen (secondary N) is 1. The summed E-state index contributed by atoms with van der Waals surface area (Å²) in [5.41, 5.74) is 3.87. The number of carbonyl (C=O) groups excluding carboxylic acids is 1. The Labute approximate surface area is 171 Å². The Morgan fingerprint density at radius 2 is 2.11 bits per heavy atom. The van der Waals surface area contributed by atoms with Crippen molar-refractivity contribution in [1.29, 1.82) is 0 Å². The lowest BCUT2D eigenvalue weighted by atomic mass is 10.2. The molecule has 6 nitrogen and oxygen atoms in total. The maximum absolute atomic E-state index is 12.3. The van der Waals surface area contributed by atoms with Crippen molar-refractivity contribution in [1.82, 2.24) is 5.43 Å². The van der Waals surface area contributed by atoms with Crippen LogP contribution in [0.25, 0.3) is 11.0 Å². The van der Waals surface area contributed by atoms with Crippen LogP contribution in [-0.2, 0) is 0 Å². The molecule has 0 aliphatic heterocycles.